The first-order chi connectivity index (χ1) is 14.7. The van der Waals surface area contributed by atoms with Crippen LogP contribution in [0.15, 0.2) is 84.9 Å². The Bertz CT molecular complexity index is 1140. The number of halogens is 1. The van der Waals surface area contributed by atoms with Crippen molar-refractivity contribution in [1.82, 2.24) is 5.32 Å². The van der Waals surface area contributed by atoms with Crippen LogP contribution >= 0.6 is 0 Å². The number of methoxy groups -OCH3 is 1. The third kappa shape index (κ3) is 4.37. The quantitative estimate of drug-likeness (QED) is 0.367. The first kappa shape index (κ1) is 20.1. The summed E-state index contributed by atoms with van der Waals surface area (Å²) in [6, 6.07) is 29.0. The Morgan fingerprint density at radius 2 is 1.67 bits per heavy atom. The first-order valence-electron chi connectivity index (χ1n) is 10.2. The van der Waals surface area contributed by atoms with Gasteiger partial charge in [-0.1, -0.05) is 60.7 Å². The van der Waals surface area contributed by atoms with E-state index in [0.29, 0.717) is 5.56 Å². The van der Waals surface area contributed by atoms with Crippen molar-refractivity contribution in [3.05, 3.63) is 102 Å². The molecule has 0 bridgehead atoms. The van der Waals surface area contributed by atoms with Crippen molar-refractivity contribution < 1.29 is 9.13 Å². The number of rotatable bonds is 7. The maximum absolute atomic E-state index is 12.9. The number of ether oxygens (including phenoxy) is 1. The van der Waals surface area contributed by atoms with Crippen molar-refractivity contribution in [1.29, 1.82) is 0 Å². The highest BCUT2D eigenvalue weighted by atomic mass is 19.1. The average molecular weight is 400 g/mol. The Balaban J connectivity index is 1.62. The van der Waals surface area contributed by atoms with E-state index in [1.165, 1.54) is 27.5 Å². The lowest BCUT2D eigenvalue weighted by atomic mass is 9.95. The number of fused-ring (bicyclic) bond motifs is 1. The maximum atomic E-state index is 12.9. The lowest BCUT2D eigenvalue weighted by Gasteiger charge is -2.17. The summed E-state index contributed by atoms with van der Waals surface area (Å²) in [5.74, 6) is 0.867. The highest BCUT2D eigenvalue weighted by molar-refractivity contribution is 5.97. The Morgan fingerprint density at radius 3 is 2.43 bits per heavy atom. The van der Waals surface area contributed by atoms with Gasteiger partial charge in [0.05, 0.1) is 7.11 Å². The SMILES string of the molecule is COc1cccc([C@@H](C)NCc2cc(-c3ccc(CF)cc3)c3ccccc3c2)c1. The molecule has 0 aromatic heterocycles. The van der Waals surface area contributed by atoms with E-state index in [-0.39, 0.29) is 6.04 Å². The van der Waals surface area contributed by atoms with E-state index >= 15 is 0 Å². The first-order valence-corrected chi connectivity index (χ1v) is 10.2. The molecule has 0 aliphatic rings. The molecule has 0 unspecified atom stereocenters. The molecule has 0 saturated heterocycles. The summed E-state index contributed by atoms with van der Waals surface area (Å²) in [7, 11) is 1.69. The second-order valence-electron chi connectivity index (χ2n) is 7.57. The Hall–Kier alpha value is -3.17. The zero-order valence-electron chi connectivity index (χ0n) is 17.4. The van der Waals surface area contributed by atoms with E-state index in [9.17, 15) is 4.39 Å². The van der Waals surface area contributed by atoms with Gasteiger partial charge in [0.1, 0.15) is 12.4 Å². The monoisotopic (exact) mass is 399 g/mol. The molecule has 2 nitrogen and oxygen atoms in total. The molecule has 0 aliphatic heterocycles. The van der Waals surface area contributed by atoms with Crippen LogP contribution in [0.25, 0.3) is 21.9 Å². The van der Waals surface area contributed by atoms with Crippen molar-refractivity contribution in [2.24, 2.45) is 0 Å². The van der Waals surface area contributed by atoms with E-state index in [1.807, 2.05) is 36.4 Å². The van der Waals surface area contributed by atoms with Crippen LogP contribution in [0.5, 0.6) is 5.75 Å². The Kier molecular flexibility index (Phi) is 6.10. The molecule has 0 saturated carbocycles. The number of hydrogen-bond acceptors (Lipinski definition) is 2. The molecule has 152 valence electrons. The second-order valence-corrected chi connectivity index (χ2v) is 7.57. The van der Waals surface area contributed by atoms with Gasteiger partial charge in [-0.2, -0.15) is 0 Å². The maximum Gasteiger partial charge on any atom is 0.119 e. The molecule has 0 heterocycles. The van der Waals surface area contributed by atoms with Crippen molar-refractivity contribution in [3.8, 4) is 16.9 Å². The number of nitrogens with one attached hydrogen (secondary N) is 1. The third-order valence-electron chi connectivity index (χ3n) is 5.55. The molecule has 4 rings (SSSR count). The second kappa shape index (κ2) is 9.10. The van der Waals surface area contributed by atoms with Crippen LogP contribution in [0.2, 0.25) is 0 Å². The highest BCUT2D eigenvalue weighted by Gasteiger charge is 2.10. The fraction of sp³-hybridized carbons (Fsp3) is 0.185. The molecule has 0 aliphatic carbocycles. The van der Waals surface area contributed by atoms with Gasteiger partial charge in [0, 0.05) is 12.6 Å². The number of alkyl halides is 1. The summed E-state index contributed by atoms with van der Waals surface area (Å²) in [5, 5.41) is 6.03. The minimum atomic E-state index is -0.437. The van der Waals surface area contributed by atoms with E-state index in [1.54, 1.807) is 7.11 Å². The van der Waals surface area contributed by atoms with Crippen LogP contribution in [0.1, 0.15) is 29.7 Å². The standard InChI is InChI=1S/C27H26FNO/c1-19(23-7-5-8-25(16-23)30-2)29-18-21-14-24-6-3-4-9-26(24)27(15-21)22-12-10-20(17-28)11-13-22/h3-16,19,29H,17-18H2,1-2H3/t19-/m1/s1. The van der Waals surface area contributed by atoms with E-state index in [0.717, 1.165) is 17.9 Å². The van der Waals surface area contributed by atoms with Crippen LogP contribution in [-0.4, -0.2) is 7.11 Å². The molecule has 30 heavy (non-hydrogen) atoms. The lowest BCUT2D eigenvalue weighted by molar-refractivity contribution is 0.413. The van der Waals surface area contributed by atoms with Gasteiger partial charge in [-0.15, -0.1) is 0 Å². The van der Waals surface area contributed by atoms with Gasteiger partial charge < -0.3 is 10.1 Å². The summed E-state index contributed by atoms with van der Waals surface area (Å²) in [5.41, 5.74) is 5.38. The summed E-state index contributed by atoms with van der Waals surface area (Å²) in [4.78, 5) is 0. The largest absolute Gasteiger partial charge is 0.497 e. The molecule has 1 atom stereocenters. The van der Waals surface area contributed by atoms with Crippen LogP contribution in [0.4, 0.5) is 4.39 Å². The lowest BCUT2D eigenvalue weighted by Crippen LogP contribution is -2.18. The minimum absolute atomic E-state index is 0.193. The minimum Gasteiger partial charge on any atom is -0.497 e. The van der Waals surface area contributed by atoms with Gasteiger partial charge in [0.25, 0.3) is 0 Å². The van der Waals surface area contributed by atoms with E-state index < -0.39 is 6.67 Å². The van der Waals surface area contributed by atoms with Gasteiger partial charge >= 0.3 is 0 Å². The van der Waals surface area contributed by atoms with Crippen LogP contribution in [0, 0.1) is 0 Å². The zero-order valence-corrected chi connectivity index (χ0v) is 17.4. The topological polar surface area (TPSA) is 21.3 Å². The van der Waals surface area contributed by atoms with Crippen LogP contribution < -0.4 is 10.1 Å². The fourth-order valence-electron chi connectivity index (χ4n) is 3.79. The predicted octanol–water partition coefficient (Wildman–Crippen LogP) is 6.84. The number of benzene rings is 4. The van der Waals surface area contributed by atoms with Crippen LogP contribution in [-0.2, 0) is 13.2 Å². The smallest absolute Gasteiger partial charge is 0.119 e. The van der Waals surface area contributed by atoms with Crippen molar-refractivity contribution in [2.45, 2.75) is 26.2 Å². The molecule has 0 amide bonds. The summed E-state index contributed by atoms with van der Waals surface area (Å²) >= 11 is 0. The van der Waals surface area contributed by atoms with Gasteiger partial charge in [0.2, 0.25) is 0 Å². The summed E-state index contributed by atoms with van der Waals surface area (Å²) in [6.45, 7) is 2.47. The van der Waals surface area contributed by atoms with E-state index in [2.05, 4.69) is 60.8 Å². The van der Waals surface area contributed by atoms with Crippen LogP contribution in [0.3, 0.4) is 0 Å². The Morgan fingerprint density at radius 1 is 0.867 bits per heavy atom. The molecule has 0 fully saturated rings. The molecule has 1 N–H and O–H groups in total. The van der Waals surface area contributed by atoms with Crippen molar-refractivity contribution in [3.63, 3.8) is 0 Å². The van der Waals surface area contributed by atoms with E-state index in [4.69, 9.17) is 4.74 Å². The highest BCUT2D eigenvalue weighted by Crippen LogP contribution is 2.31. The molecule has 3 heteroatoms. The molecule has 4 aromatic rings. The average Bonchev–Trinajstić information content (AvgIpc) is 2.82. The van der Waals surface area contributed by atoms with Gasteiger partial charge in [0.15, 0.2) is 0 Å². The zero-order chi connectivity index (χ0) is 20.9. The summed E-state index contributed by atoms with van der Waals surface area (Å²) in [6.07, 6.45) is 0. The van der Waals surface area contributed by atoms with Crippen molar-refractivity contribution >= 4 is 10.8 Å². The Labute approximate surface area is 177 Å². The molecule has 0 spiro atoms. The predicted molar refractivity (Wildman–Crippen MR) is 122 cm³/mol. The molecular weight excluding hydrogens is 373 g/mol. The summed E-state index contributed by atoms with van der Waals surface area (Å²) < 4.78 is 18.3. The molecular formula is C27H26FNO. The van der Waals surface area contributed by atoms with Crippen molar-refractivity contribution in [2.75, 3.05) is 7.11 Å². The fourth-order valence-corrected chi connectivity index (χ4v) is 3.79. The molecule has 4 aromatic carbocycles. The molecule has 0 radical (unpaired) electrons. The van der Waals surface area contributed by atoms with Gasteiger partial charge in [-0.25, -0.2) is 4.39 Å². The normalized spacial score (nSPS) is 12.1. The van der Waals surface area contributed by atoms with Gasteiger partial charge in [-0.3, -0.25) is 0 Å². The number of hydrogen-bond donors (Lipinski definition) is 1. The van der Waals surface area contributed by atoms with Gasteiger partial charge in [-0.05, 0) is 69.8 Å². The third-order valence-corrected chi connectivity index (χ3v) is 5.55.